The van der Waals surface area contributed by atoms with Crippen molar-refractivity contribution in [3.63, 3.8) is 0 Å². The molecule has 2 rings (SSSR count). The molecular formula is C11H11BrF3N. The molecule has 0 aromatic heterocycles. The normalized spacial score (nSPS) is 19.1. The molecule has 88 valence electrons. The van der Waals surface area contributed by atoms with Crippen LogP contribution in [-0.2, 0) is 5.54 Å². The summed E-state index contributed by atoms with van der Waals surface area (Å²) in [6, 6.07) is 0.994. The number of rotatable bonds is 1. The monoisotopic (exact) mass is 293 g/mol. The molecule has 0 aliphatic heterocycles. The maximum Gasteiger partial charge on any atom is 0.176 e. The van der Waals surface area contributed by atoms with Crippen LogP contribution in [0.15, 0.2) is 10.5 Å². The lowest BCUT2D eigenvalue weighted by molar-refractivity contribution is 0.403. The lowest BCUT2D eigenvalue weighted by Crippen LogP contribution is -2.34. The van der Waals surface area contributed by atoms with Crippen molar-refractivity contribution in [1.82, 2.24) is 0 Å². The van der Waals surface area contributed by atoms with Gasteiger partial charge in [0.15, 0.2) is 11.6 Å². The molecular weight excluding hydrogens is 283 g/mol. The number of benzene rings is 1. The number of halogens is 4. The molecule has 0 atom stereocenters. The van der Waals surface area contributed by atoms with Gasteiger partial charge in [-0.1, -0.05) is 12.8 Å². The van der Waals surface area contributed by atoms with E-state index in [0.717, 1.165) is 18.9 Å². The summed E-state index contributed by atoms with van der Waals surface area (Å²) >= 11 is 2.66. The lowest BCUT2D eigenvalue weighted by atomic mass is 9.89. The van der Waals surface area contributed by atoms with Gasteiger partial charge >= 0.3 is 0 Å². The molecule has 0 radical (unpaired) electrons. The molecule has 16 heavy (non-hydrogen) atoms. The molecule has 1 aliphatic rings. The van der Waals surface area contributed by atoms with Crippen LogP contribution in [0.4, 0.5) is 13.2 Å². The highest BCUT2D eigenvalue weighted by Gasteiger charge is 2.35. The molecule has 0 amide bonds. The second kappa shape index (κ2) is 4.04. The summed E-state index contributed by atoms with van der Waals surface area (Å²) in [7, 11) is 0. The van der Waals surface area contributed by atoms with Crippen LogP contribution in [-0.4, -0.2) is 0 Å². The van der Waals surface area contributed by atoms with E-state index in [0.29, 0.717) is 12.8 Å². The molecule has 1 aromatic rings. The minimum absolute atomic E-state index is 0.0526. The quantitative estimate of drug-likeness (QED) is 0.621. The SMILES string of the molecule is NC1(c2cc(F)c(Br)c(F)c2F)CCCC1. The van der Waals surface area contributed by atoms with Gasteiger partial charge in [-0.05, 0) is 34.8 Å². The first-order chi connectivity index (χ1) is 7.46. The van der Waals surface area contributed by atoms with E-state index in [-0.39, 0.29) is 5.56 Å². The highest BCUT2D eigenvalue weighted by Crippen LogP contribution is 2.39. The van der Waals surface area contributed by atoms with Crippen molar-refractivity contribution in [3.8, 4) is 0 Å². The van der Waals surface area contributed by atoms with Crippen LogP contribution in [0.25, 0.3) is 0 Å². The summed E-state index contributed by atoms with van der Waals surface area (Å²) in [5.74, 6) is -3.06. The first-order valence-corrected chi connectivity index (χ1v) is 5.87. The standard InChI is InChI=1S/C11H11BrF3N/c12-8-7(13)5-6(9(14)10(8)15)11(16)3-1-2-4-11/h5H,1-4,16H2. The molecule has 0 spiro atoms. The van der Waals surface area contributed by atoms with E-state index in [1.807, 2.05) is 0 Å². The Bertz CT molecular complexity index is 428. The van der Waals surface area contributed by atoms with Crippen molar-refractivity contribution in [1.29, 1.82) is 0 Å². The minimum Gasteiger partial charge on any atom is -0.321 e. The van der Waals surface area contributed by atoms with Crippen LogP contribution in [0.2, 0.25) is 0 Å². The number of hydrogen-bond donors (Lipinski definition) is 1. The van der Waals surface area contributed by atoms with E-state index in [9.17, 15) is 13.2 Å². The second-order valence-corrected chi connectivity index (χ2v) is 5.00. The van der Waals surface area contributed by atoms with Gasteiger partial charge in [-0.3, -0.25) is 0 Å². The summed E-state index contributed by atoms with van der Waals surface area (Å²) in [5.41, 5.74) is 5.00. The molecule has 1 aromatic carbocycles. The van der Waals surface area contributed by atoms with Gasteiger partial charge < -0.3 is 5.73 Å². The highest BCUT2D eigenvalue weighted by atomic mass is 79.9. The third-order valence-electron chi connectivity index (χ3n) is 3.13. The van der Waals surface area contributed by atoms with Gasteiger partial charge in [-0.2, -0.15) is 0 Å². The molecule has 0 saturated heterocycles. The van der Waals surface area contributed by atoms with E-state index < -0.39 is 27.5 Å². The van der Waals surface area contributed by atoms with Gasteiger partial charge in [0, 0.05) is 11.1 Å². The fraction of sp³-hybridized carbons (Fsp3) is 0.455. The zero-order valence-electron chi connectivity index (χ0n) is 8.49. The van der Waals surface area contributed by atoms with E-state index in [4.69, 9.17) is 5.73 Å². The fourth-order valence-corrected chi connectivity index (χ4v) is 2.50. The Morgan fingerprint density at radius 2 is 1.69 bits per heavy atom. The Morgan fingerprint density at radius 1 is 1.12 bits per heavy atom. The highest BCUT2D eigenvalue weighted by molar-refractivity contribution is 9.10. The molecule has 1 fully saturated rings. The molecule has 1 saturated carbocycles. The maximum atomic E-state index is 13.7. The van der Waals surface area contributed by atoms with Crippen molar-refractivity contribution >= 4 is 15.9 Å². The first-order valence-electron chi connectivity index (χ1n) is 5.08. The summed E-state index contributed by atoms with van der Waals surface area (Å²) in [4.78, 5) is 0. The van der Waals surface area contributed by atoms with E-state index in [1.165, 1.54) is 0 Å². The van der Waals surface area contributed by atoms with Gasteiger partial charge in [-0.25, -0.2) is 13.2 Å². The van der Waals surface area contributed by atoms with E-state index in [1.54, 1.807) is 0 Å². The molecule has 5 heteroatoms. The van der Waals surface area contributed by atoms with Crippen LogP contribution < -0.4 is 5.73 Å². The van der Waals surface area contributed by atoms with Gasteiger partial charge in [0.25, 0.3) is 0 Å². The predicted molar refractivity (Wildman–Crippen MR) is 58.3 cm³/mol. The average Bonchev–Trinajstić information content (AvgIpc) is 2.68. The fourth-order valence-electron chi connectivity index (χ4n) is 2.21. The van der Waals surface area contributed by atoms with Gasteiger partial charge in [0.1, 0.15) is 5.82 Å². The Balaban J connectivity index is 2.57. The maximum absolute atomic E-state index is 13.7. The van der Waals surface area contributed by atoms with Crippen LogP contribution in [0.1, 0.15) is 31.2 Å². The third kappa shape index (κ3) is 1.76. The lowest BCUT2D eigenvalue weighted by Gasteiger charge is -2.25. The largest absolute Gasteiger partial charge is 0.321 e. The number of hydrogen-bond acceptors (Lipinski definition) is 1. The van der Waals surface area contributed by atoms with Gasteiger partial charge in [0.2, 0.25) is 0 Å². The molecule has 0 bridgehead atoms. The second-order valence-electron chi connectivity index (χ2n) is 4.21. The Labute approximate surface area is 100.0 Å². The summed E-state index contributed by atoms with van der Waals surface area (Å²) in [6.07, 6.45) is 2.83. The van der Waals surface area contributed by atoms with Crippen molar-refractivity contribution in [2.45, 2.75) is 31.2 Å². The van der Waals surface area contributed by atoms with Crippen LogP contribution in [0, 0.1) is 17.5 Å². The van der Waals surface area contributed by atoms with Gasteiger partial charge in [-0.15, -0.1) is 0 Å². The van der Waals surface area contributed by atoms with Crippen molar-refractivity contribution in [2.75, 3.05) is 0 Å². The Hall–Kier alpha value is -0.550. The van der Waals surface area contributed by atoms with Crippen LogP contribution in [0.3, 0.4) is 0 Å². The molecule has 2 N–H and O–H groups in total. The van der Waals surface area contributed by atoms with Crippen molar-refractivity contribution < 1.29 is 13.2 Å². The van der Waals surface area contributed by atoms with Gasteiger partial charge in [0.05, 0.1) is 4.47 Å². The predicted octanol–water partition coefficient (Wildman–Crippen LogP) is 3.59. The Kier molecular flexibility index (Phi) is 3.01. The Morgan fingerprint density at radius 3 is 2.25 bits per heavy atom. The topological polar surface area (TPSA) is 26.0 Å². The summed E-state index contributed by atoms with van der Waals surface area (Å²) in [5, 5.41) is 0. The molecule has 1 nitrogen and oxygen atoms in total. The summed E-state index contributed by atoms with van der Waals surface area (Å²) < 4.78 is 39.9. The smallest absolute Gasteiger partial charge is 0.176 e. The average molecular weight is 294 g/mol. The zero-order chi connectivity index (χ0) is 11.9. The first kappa shape index (κ1) is 11.9. The van der Waals surface area contributed by atoms with Crippen LogP contribution in [0.5, 0.6) is 0 Å². The van der Waals surface area contributed by atoms with Crippen molar-refractivity contribution in [3.05, 3.63) is 33.6 Å². The minimum atomic E-state index is -1.20. The third-order valence-corrected chi connectivity index (χ3v) is 3.86. The van der Waals surface area contributed by atoms with Crippen molar-refractivity contribution in [2.24, 2.45) is 5.73 Å². The zero-order valence-corrected chi connectivity index (χ0v) is 10.1. The van der Waals surface area contributed by atoms with E-state index >= 15 is 0 Å². The van der Waals surface area contributed by atoms with Crippen LogP contribution >= 0.6 is 15.9 Å². The molecule has 0 heterocycles. The molecule has 1 aliphatic carbocycles. The molecule has 0 unspecified atom stereocenters. The van der Waals surface area contributed by atoms with E-state index in [2.05, 4.69) is 15.9 Å². The summed E-state index contributed by atoms with van der Waals surface area (Å²) in [6.45, 7) is 0. The number of nitrogens with two attached hydrogens (primary N) is 1.